The quantitative estimate of drug-likeness (QED) is 0.306. The Morgan fingerprint density at radius 2 is 1.89 bits per heavy atom. The molecule has 1 atom stereocenters. The van der Waals surface area contributed by atoms with Crippen molar-refractivity contribution < 1.29 is 18.7 Å². The molecule has 8 nitrogen and oxygen atoms in total. The predicted molar refractivity (Wildman–Crippen MR) is 174 cm³/mol. The Hall–Kier alpha value is -3.87. The van der Waals surface area contributed by atoms with Crippen LogP contribution in [0.15, 0.2) is 61.2 Å². The van der Waals surface area contributed by atoms with Gasteiger partial charge >= 0.3 is 6.09 Å². The summed E-state index contributed by atoms with van der Waals surface area (Å²) in [6, 6.07) is 11.7. The van der Waals surface area contributed by atoms with Gasteiger partial charge in [-0.3, -0.25) is 4.79 Å². The summed E-state index contributed by atoms with van der Waals surface area (Å²) in [6.07, 6.45) is 14.8. The number of hydrogen-bond donors (Lipinski definition) is 1. The Morgan fingerprint density at radius 3 is 2.48 bits per heavy atom. The van der Waals surface area contributed by atoms with E-state index in [1.165, 1.54) is 23.3 Å². The number of imidazole rings is 1. The van der Waals surface area contributed by atoms with Crippen LogP contribution in [0.3, 0.4) is 0 Å². The molecule has 1 N–H and O–H groups in total. The van der Waals surface area contributed by atoms with Gasteiger partial charge in [-0.15, -0.1) is 12.8 Å². The zero-order valence-corrected chi connectivity index (χ0v) is 27.2. The summed E-state index contributed by atoms with van der Waals surface area (Å²) >= 11 is 5.77. The van der Waals surface area contributed by atoms with E-state index >= 15 is 0 Å². The minimum absolute atomic E-state index is 0.0896. The number of piperazine rings is 1. The Bertz CT molecular complexity index is 1320. The Kier molecular flexibility index (Phi) is 14.9. The van der Waals surface area contributed by atoms with Crippen LogP contribution in [-0.4, -0.2) is 69.2 Å². The van der Waals surface area contributed by atoms with Gasteiger partial charge in [0.15, 0.2) is 0 Å². The van der Waals surface area contributed by atoms with Crippen molar-refractivity contribution in [2.75, 3.05) is 26.2 Å². The fraction of sp³-hybridized carbons (Fsp3) is 0.441. The number of benzene rings is 2. The fourth-order valence-electron chi connectivity index (χ4n) is 4.62. The van der Waals surface area contributed by atoms with Crippen LogP contribution in [0.4, 0.5) is 9.18 Å². The van der Waals surface area contributed by atoms with Gasteiger partial charge in [0, 0.05) is 56.7 Å². The van der Waals surface area contributed by atoms with Gasteiger partial charge in [0.2, 0.25) is 5.91 Å². The number of hydrogen-bond acceptors (Lipinski definition) is 5. The maximum Gasteiger partial charge on any atom is 0.410 e. The first-order chi connectivity index (χ1) is 20.9. The normalized spacial score (nSPS) is 14.4. The molecule has 1 aliphatic heterocycles. The van der Waals surface area contributed by atoms with Gasteiger partial charge in [-0.25, -0.2) is 14.2 Å². The van der Waals surface area contributed by atoms with Crippen LogP contribution in [0.25, 0.3) is 0 Å². The van der Waals surface area contributed by atoms with Gasteiger partial charge in [-0.2, -0.15) is 0 Å². The number of aromatic nitrogens is 2. The van der Waals surface area contributed by atoms with Crippen molar-refractivity contribution in [2.24, 2.45) is 0 Å². The molecule has 238 valence electrons. The number of halogens is 2. The Balaban J connectivity index is 0.000000473. The second kappa shape index (κ2) is 18.1. The highest BCUT2D eigenvalue weighted by atomic mass is 35.5. The molecule has 1 aromatic heterocycles. The van der Waals surface area contributed by atoms with Gasteiger partial charge < -0.3 is 24.4 Å². The van der Waals surface area contributed by atoms with Crippen molar-refractivity contribution in [3.8, 4) is 12.8 Å². The highest BCUT2D eigenvalue weighted by Crippen LogP contribution is 2.16. The second-order valence-corrected chi connectivity index (χ2v) is 11.8. The summed E-state index contributed by atoms with van der Waals surface area (Å²) in [4.78, 5) is 33.3. The average Bonchev–Trinajstić information content (AvgIpc) is 3.52. The number of rotatable bonds is 8. The maximum absolute atomic E-state index is 13.4. The fourth-order valence-corrected chi connectivity index (χ4v) is 4.85. The van der Waals surface area contributed by atoms with E-state index < -0.39 is 17.7 Å². The third kappa shape index (κ3) is 12.4. The number of amides is 2. The number of nitrogens with zero attached hydrogens (tertiary/aromatic N) is 4. The molecule has 44 heavy (non-hydrogen) atoms. The van der Waals surface area contributed by atoms with Crippen LogP contribution in [0.2, 0.25) is 5.02 Å². The number of aryl methyl sites for hydroxylation is 3. The zero-order valence-electron chi connectivity index (χ0n) is 26.4. The van der Waals surface area contributed by atoms with E-state index in [9.17, 15) is 14.0 Å². The monoisotopic (exact) mass is 625 g/mol. The molecule has 10 heteroatoms. The van der Waals surface area contributed by atoms with E-state index in [4.69, 9.17) is 16.3 Å². The summed E-state index contributed by atoms with van der Waals surface area (Å²) < 4.78 is 20.8. The predicted octanol–water partition coefficient (Wildman–Crippen LogP) is 6.11. The molecule has 1 saturated heterocycles. The highest BCUT2D eigenvalue weighted by Gasteiger charge is 2.33. The molecule has 4 rings (SSSR count). The smallest absolute Gasteiger partial charge is 0.410 e. The lowest BCUT2D eigenvalue weighted by atomic mass is 10.1. The van der Waals surface area contributed by atoms with E-state index in [1.807, 2.05) is 43.7 Å². The molecule has 0 aliphatic carbocycles. The second-order valence-electron chi connectivity index (χ2n) is 11.4. The van der Waals surface area contributed by atoms with Crippen molar-refractivity contribution in [3.63, 3.8) is 0 Å². The van der Waals surface area contributed by atoms with Crippen molar-refractivity contribution in [1.29, 1.82) is 0 Å². The molecular formula is C34H45ClFN5O3. The SMILES string of the molecule is C#C.CC(C)(C)OC(=O)N1CCN[C@@H](C(=O)N(CCCn2ccnc2)Cc2ccc(F)cc2)C1.CCc1ccc(Cl)cc1C. The minimum Gasteiger partial charge on any atom is -0.444 e. The standard InChI is InChI=1S/C23H32FN5O3.C9H11Cl.C2H2/c1-23(2,3)32-22(31)29-14-10-26-20(16-29)21(30)28(12-4-11-27-13-9-25-17-27)15-18-5-7-19(24)8-6-18;1-3-8-4-5-9(10)6-7(8)2;1-2/h5-9,13,17,20,26H,4,10-12,14-16H2,1-3H3;4-6H,3H2,1-2H3;1-2H/t20-;;/m1../s1. The first kappa shape index (κ1) is 36.3. The van der Waals surface area contributed by atoms with Crippen LogP contribution in [0.1, 0.15) is 50.8 Å². The molecule has 0 saturated carbocycles. The number of nitrogens with one attached hydrogen (secondary N) is 1. The van der Waals surface area contributed by atoms with Crippen LogP contribution in [0.5, 0.6) is 0 Å². The molecule has 2 amide bonds. The van der Waals surface area contributed by atoms with E-state index in [1.54, 1.807) is 34.5 Å². The van der Waals surface area contributed by atoms with Crippen molar-refractivity contribution in [2.45, 2.75) is 72.2 Å². The Morgan fingerprint density at radius 1 is 1.18 bits per heavy atom. The summed E-state index contributed by atoms with van der Waals surface area (Å²) in [6.45, 7) is 12.6. The summed E-state index contributed by atoms with van der Waals surface area (Å²) in [7, 11) is 0. The molecule has 0 bridgehead atoms. The molecule has 1 fully saturated rings. The molecule has 2 aromatic carbocycles. The van der Waals surface area contributed by atoms with E-state index in [-0.39, 0.29) is 18.3 Å². The molecule has 2 heterocycles. The minimum atomic E-state index is -0.594. The number of terminal acetylenes is 1. The van der Waals surface area contributed by atoms with E-state index in [2.05, 4.69) is 43.1 Å². The molecular weight excluding hydrogens is 581 g/mol. The van der Waals surface area contributed by atoms with Gasteiger partial charge in [0.25, 0.3) is 0 Å². The summed E-state index contributed by atoms with van der Waals surface area (Å²) in [5.74, 6) is -0.401. The van der Waals surface area contributed by atoms with Crippen molar-refractivity contribution in [3.05, 3.63) is 88.7 Å². The molecule has 3 aromatic rings. The first-order valence-electron chi connectivity index (χ1n) is 14.7. The molecule has 0 radical (unpaired) electrons. The molecule has 0 spiro atoms. The zero-order chi connectivity index (χ0) is 32.7. The molecule has 0 unspecified atom stereocenters. The third-order valence-electron chi connectivity index (χ3n) is 6.81. The van der Waals surface area contributed by atoms with E-state index in [0.29, 0.717) is 26.2 Å². The van der Waals surface area contributed by atoms with Gasteiger partial charge in [-0.1, -0.05) is 36.7 Å². The largest absolute Gasteiger partial charge is 0.444 e. The van der Waals surface area contributed by atoms with Gasteiger partial charge in [0.1, 0.15) is 17.5 Å². The summed E-state index contributed by atoms with van der Waals surface area (Å²) in [5, 5.41) is 4.06. The topological polar surface area (TPSA) is 79.7 Å². The number of ether oxygens (including phenoxy) is 1. The lowest BCUT2D eigenvalue weighted by molar-refractivity contribution is -0.135. The highest BCUT2D eigenvalue weighted by molar-refractivity contribution is 6.30. The van der Waals surface area contributed by atoms with Crippen molar-refractivity contribution in [1.82, 2.24) is 24.7 Å². The first-order valence-corrected chi connectivity index (χ1v) is 15.1. The summed E-state index contributed by atoms with van der Waals surface area (Å²) in [5.41, 5.74) is 2.92. The lowest BCUT2D eigenvalue weighted by Crippen LogP contribution is -2.59. The third-order valence-corrected chi connectivity index (χ3v) is 7.05. The van der Waals surface area contributed by atoms with Crippen LogP contribution in [0, 0.1) is 25.6 Å². The Labute approximate surface area is 266 Å². The maximum atomic E-state index is 13.4. The van der Waals surface area contributed by atoms with Crippen LogP contribution < -0.4 is 5.32 Å². The van der Waals surface area contributed by atoms with Gasteiger partial charge in [0.05, 0.1) is 6.33 Å². The van der Waals surface area contributed by atoms with Gasteiger partial charge in [-0.05, 0) is 81.5 Å². The van der Waals surface area contributed by atoms with Crippen LogP contribution >= 0.6 is 11.6 Å². The van der Waals surface area contributed by atoms with Crippen LogP contribution in [-0.2, 0) is 29.0 Å². The lowest BCUT2D eigenvalue weighted by Gasteiger charge is -2.36. The van der Waals surface area contributed by atoms with E-state index in [0.717, 1.165) is 30.0 Å². The van der Waals surface area contributed by atoms with Crippen molar-refractivity contribution >= 4 is 23.6 Å². The molecule has 1 aliphatic rings. The number of carbonyl (C=O) groups is 2. The number of carbonyl (C=O) groups excluding carboxylic acids is 2. The average molecular weight is 626 g/mol.